The third-order valence-electron chi connectivity index (χ3n) is 7.03. The molecule has 0 bridgehead atoms. The van der Waals surface area contributed by atoms with Crippen LogP contribution in [0.4, 0.5) is 0 Å². The molecule has 1 aromatic rings. The molecule has 8 nitrogen and oxygen atoms in total. The SMILES string of the molecule is CCCCC1C=C[C-](CCc2ccc(O)c(OCC(O)C3=C[C+](C(C)C(CNC)NCC(C)O)C=N3)c2)[OH+]1. The molecule has 5 unspecified atom stereocenters. The molecule has 0 amide bonds. The van der Waals surface area contributed by atoms with Crippen LogP contribution in [0.1, 0.15) is 52.0 Å². The highest BCUT2D eigenvalue weighted by molar-refractivity contribution is 5.83. The largest absolute Gasteiger partial charge is 0.504 e. The minimum absolute atomic E-state index is 0.0172. The molecular weight excluding hydrogens is 482 g/mol. The average Bonchev–Trinajstić information content (AvgIpc) is 3.58. The van der Waals surface area contributed by atoms with Gasteiger partial charge in [-0.05, 0) is 57.9 Å². The molecule has 0 spiro atoms. The van der Waals surface area contributed by atoms with Crippen molar-refractivity contribution in [1.29, 1.82) is 0 Å². The minimum atomic E-state index is -0.926. The first kappa shape index (κ1) is 30.1. The predicted octanol–water partition coefficient (Wildman–Crippen LogP) is 2.99. The van der Waals surface area contributed by atoms with Gasteiger partial charge in [-0.1, -0.05) is 19.4 Å². The number of nitrogens with zero attached hydrogens (tertiary/aromatic N) is 1. The maximum absolute atomic E-state index is 10.7. The Morgan fingerprint density at radius 3 is 2.79 bits per heavy atom. The van der Waals surface area contributed by atoms with Gasteiger partial charge in [0.2, 0.25) is 5.70 Å². The van der Waals surface area contributed by atoms with Crippen molar-refractivity contribution in [3.05, 3.63) is 59.7 Å². The number of aliphatic hydroxyl groups is 4. The monoisotopic (exact) mass is 528 g/mol. The van der Waals surface area contributed by atoms with E-state index in [9.17, 15) is 15.3 Å². The first-order chi connectivity index (χ1) is 18.3. The molecular formula is C30H46N3O5+. The zero-order chi connectivity index (χ0) is 27.5. The lowest BCUT2D eigenvalue weighted by molar-refractivity contribution is -0.0480. The molecule has 2 heterocycles. The van der Waals surface area contributed by atoms with Crippen LogP contribution in [0.5, 0.6) is 11.5 Å². The molecule has 0 saturated heterocycles. The second-order valence-electron chi connectivity index (χ2n) is 10.4. The number of aromatic hydroxyl groups is 1. The van der Waals surface area contributed by atoms with E-state index in [0.717, 1.165) is 43.4 Å². The topological polar surface area (TPSA) is 119 Å². The Balaban J connectivity index is 1.50. The van der Waals surface area contributed by atoms with E-state index in [2.05, 4.69) is 41.6 Å². The number of nitrogens with one attached hydrogen (secondary N) is 2. The number of rotatable bonds is 17. The molecule has 1 aromatic carbocycles. The second-order valence-corrected chi connectivity index (χ2v) is 10.4. The van der Waals surface area contributed by atoms with E-state index in [1.54, 1.807) is 19.2 Å². The van der Waals surface area contributed by atoms with E-state index < -0.39 is 12.2 Å². The van der Waals surface area contributed by atoms with Crippen LogP contribution in [0.3, 0.4) is 0 Å². The van der Waals surface area contributed by atoms with E-state index in [4.69, 9.17) is 9.47 Å². The number of likely N-dealkylation sites (N-methyl/N-ethyl adjacent to an activating group) is 1. The highest BCUT2D eigenvalue weighted by Gasteiger charge is 2.35. The van der Waals surface area contributed by atoms with Crippen LogP contribution in [0, 0.1) is 17.9 Å². The molecule has 3 rings (SSSR count). The van der Waals surface area contributed by atoms with E-state index in [1.165, 1.54) is 12.8 Å². The fourth-order valence-electron chi connectivity index (χ4n) is 4.62. The smallest absolute Gasteiger partial charge is 0.207 e. The maximum atomic E-state index is 10.7. The van der Waals surface area contributed by atoms with Gasteiger partial charge in [-0.3, -0.25) is 0 Å². The van der Waals surface area contributed by atoms with Crippen LogP contribution < -0.4 is 15.4 Å². The maximum Gasteiger partial charge on any atom is 0.207 e. The summed E-state index contributed by atoms with van der Waals surface area (Å²) < 4.78 is 10.6. The fourth-order valence-corrected chi connectivity index (χ4v) is 4.62. The molecule has 0 fully saturated rings. The zero-order valence-corrected chi connectivity index (χ0v) is 23.2. The molecule has 0 radical (unpaired) electrons. The Morgan fingerprint density at radius 1 is 1.24 bits per heavy atom. The van der Waals surface area contributed by atoms with Gasteiger partial charge < -0.3 is 35.4 Å². The lowest BCUT2D eigenvalue weighted by Gasteiger charge is -2.24. The zero-order valence-electron chi connectivity index (χ0n) is 23.2. The summed E-state index contributed by atoms with van der Waals surface area (Å²) in [6, 6.07) is 5.47. The number of phenolic OH excluding ortho intramolecular Hbond substituents is 1. The average molecular weight is 529 g/mol. The molecule has 5 atom stereocenters. The van der Waals surface area contributed by atoms with Crippen molar-refractivity contribution >= 4 is 6.21 Å². The first-order valence-corrected chi connectivity index (χ1v) is 13.9. The fraction of sp³-hybridized carbons (Fsp3) is 0.567. The first-order valence-electron chi connectivity index (χ1n) is 13.9. The van der Waals surface area contributed by atoms with Gasteiger partial charge >= 0.3 is 0 Å². The van der Waals surface area contributed by atoms with Crippen molar-refractivity contribution in [3.63, 3.8) is 0 Å². The highest BCUT2D eigenvalue weighted by Crippen LogP contribution is 2.31. The molecule has 0 aromatic heterocycles. The van der Waals surface area contributed by atoms with Crippen molar-refractivity contribution < 1.29 is 24.8 Å². The minimum Gasteiger partial charge on any atom is -0.504 e. The van der Waals surface area contributed by atoms with E-state index in [1.807, 2.05) is 25.3 Å². The molecule has 38 heavy (non-hydrogen) atoms. The van der Waals surface area contributed by atoms with Crippen LogP contribution in [0.2, 0.25) is 0 Å². The Morgan fingerprint density at radius 2 is 2.05 bits per heavy atom. The van der Waals surface area contributed by atoms with E-state index in [0.29, 0.717) is 24.1 Å². The van der Waals surface area contributed by atoms with Crippen LogP contribution >= 0.6 is 0 Å². The van der Waals surface area contributed by atoms with Crippen LogP contribution in [0.15, 0.2) is 47.1 Å². The highest BCUT2D eigenvalue weighted by atomic mass is 16.5. The van der Waals surface area contributed by atoms with Gasteiger partial charge in [0.1, 0.15) is 30.9 Å². The number of hydrogen-bond acceptors (Lipinski definition) is 7. The summed E-state index contributed by atoms with van der Waals surface area (Å²) in [5, 5.41) is 37.2. The Labute approximate surface area is 227 Å². The molecule has 6 N–H and O–H groups in total. The van der Waals surface area contributed by atoms with Crippen molar-refractivity contribution in [3.8, 4) is 11.5 Å². The number of phenols is 1. The van der Waals surface area contributed by atoms with Crippen LogP contribution in [0.25, 0.3) is 0 Å². The van der Waals surface area contributed by atoms with Crippen LogP contribution in [-0.2, 0) is 6.42 Å². The van der Waals surface area contributed by atoms with Crippen molar-refractivity contribution in [2.45, 2.75) is 77.2 Å². The summed E-state index contributed by atoms with van der Waals surface area (Å²) in [5.74, 6) is 1.52. The summed E-state index contributed by atoms with van der Waals surface area (Å²) in [5.41, 5.74) is 1.58. The number of unbranched alkanes of at least 4 members (excludes halogenated alkanes) is 1. The molecule has 0 saturated carbocycles. The van der Waals surface area contributed by atoms with Crippen molar-refractivity contribution in [2.24, 2.45) is 10.9 Å². The summed E-state index contributed by atoms with van der Waals surface area (Å²) >= 11 is 0. The van der Waals surface area contributed by atoms with Gasteiger partial charge in [-0.2, -0.15) is 0 Å². The van der Waals surface area contributed by atoms with Gasteiger partial charge in [-0.15, -0.1) is 17.1 Å². The number of aliphatic hydroxyl groups excluding tert-OH is 2. The van der Waals surface area contributed by atoms with Gasteiger partial charge in [0.15, 0.2) is 17.6 Å². The van der Waals surface area contributed by atoms with Gasteiger partial charge in [0.25, 0.3) is 0 Å². The van der Waals surface area contributed by atoms with Crippen molar-refractivity contribution in [2.75, 3.05) is 26.7 Å². The number of benzene rings is 1. The number of aryl methyl sites for hydroxylation is 1. The summed E-state index contributed by atoms with van der Waals surface area (Å²) in [7, 11) is 1.90. The van der Waals surface area contributed by atoms with Crippen LogP contribution in [-0.4, -0.2) is 77.4 Å². The van der Waals surface area contributed by atoms with E-state index >= 15 is 0 Å². The normalized spacial score (nSPS) is 20.1. The third-order valence-corrected chi connectivity index (χ3v) is 7.03. The van der Waals surface area contributed by atoms with Crippen molar-refractivity contribution in [1.82, 2.24) is 10.6 Å². The summed E-state index contributed by atoms with van der Waals surface area (Å²) in [6.45, 7) is 7.27. The number of allylic oxidation sites excluding steroid dienone is 1. The number of hydrogen-bond donors (Lipinski definition) is 5. The van der Waals surface area contributed by atoms with Gasteiger partial charge in [0, 0.05) is 25.6 Å². The molecule has 0 aliphatic carbocycles. The molecule has 2 aliphatic rings. The summed E-state index contributed by atoms with van der Waals surface area (Å²) in [4.78, 5) is 4.42. The standard InChI is InChI=1S/C30H45N3O5/c1-5-6-7-24-11-12-25(38-24)10-8-22-9-13-28(35)30(14-22)37-19-29(36)26-15-23(17-33-26)21(3)27(18-31-4)32-16-20(2)34/h9,11-15,17,20-21,24,27,29,31-32,34,36,38H,5-8,10,16,18-19H2,1-4H3/p+1. The summed E-state index contributed by atoms with van der Waals surface area (Å²) in [6.07, 6.45) is 13.2. The molecule has 8 heteroatoms. The van der Waals surface area contributed by atoms with Gasteiger partial charge in [0.05, 0.1) is 18.1 Å². The number of aliphatic imine (C=N–C) groups is 1. The lowest BCUT2D eigenvalue weighted by atomic mass is 9.88. The number of ether oxygens (including phenoxy) is 2. The molecule has 2 aliphatic heterocycles. The Hall–Kier alpha value is -2.49. The third kappa shape index (κ3) is 9.06. The van der Waals surface area contributed by atoms with Gasteiger partial charge in [-0.25, -0.2) is 0 Å². The Kier molecular flexibility index (Phi) is 12.0. The lowest BCUT2D eigenvalue weighted by Crippen LogP contribution is -2.46. The predicted molar refractivity (Wildman–Crippen MR) is 152 cm³/mol. The molecule has 210 valence electrons. The quantitative estimate of drug-likeness (QED) is 0.157. The Bertz CT molecular complexity index is 948. The van der Waals surface area contributed by atoms with E-state index in [-0.39, 0.29) is 24.3 Å². The second kappa shape index (κ2) is 15.2.